The molecular formula is C17H17NO2. The zero-order chi connectivity index (χ0) is 13.8. The molecule has 1 aliphatic heterocycles. The van der Waals surface area contributed by atoms with E-state index in [1.54, 1.807) is 12.1 Å². The molecule has 1 amide bonds. The molecule has 2 aromatic rings. The molecule has 0 aliphatic carbocycles. The van der Waals surface area contributed by atoms with Crippen molar-refractivity contribution in [1.29, 1.82) is 0 Å². The fourth-order valence-corrected chi connectivity index (χ4v) is 2.65. The van der Waals surface area contributed by atoms with E-state index in [0.717, 1.165) is 19.4 Å². The number of carbonyl (C=O) groups excluding carboxylic acids is 1. The van der Waals surface area contributed by atoms with Crippen molar-refractivity contribution >= 4 is 6.09 Å². The quantitative estimate of drug-likeness (QED) is 0.822. The van der Waals surface area contributed by atoms with Gasteiger partial charge in [0.2, 0.25) is 0 Å². The standard InChI is InChI=1S/C17H17NO2/c19-17(20-15-10-5-2-6-11-15)18-13-7-12-16(18)14-8-3-1-4-9-14/h1-6,8-11,16H,7,12-13H2. The molecule has 102 valence electrons. The Morgan fingerprint density at radius 1 is 1.00 bits per heavy atom. The van der Waals surface area contributed by atoms with Crippen molar-refractivity contribution in [3.8, 4) is 5.75 Å². The third-order valence-electron chi connectivity index (χ3n) is 3.62. The SMILES string of the molecule is O=C(Oc1ccccc1)N1CCCC1c1ccccc1. The van der Waals surface area contributed by atoms with Crippen LogP contribution in [-0.4, -0.2) is 17.5 Å². The molecule has 0 aromatic heterocycles. The molecule has 0 radical (unpaired) electrons. The monoisotopic (exact) mass is 267 g/mol. The molecule has 1 unspecified atom stereocenters. The molecule has 1 atom stereocenters. The Hall–Kier alpha value is -2.29. The van der Waals surface area contributed by atoms with Crippen LogP contribution in [0, 0.1) is 0 Å². The fraction of sp³-hybridized carbons (Fsp3) is 0.235. The number of hydrogen-bond donors (Lipinski definition) is 0. The number of carbonyl (C=O) groups is 1. The number of ether oxygens (including phenoxy) is 1. The minimum absolute atomic E-state index is 0.132. The summed E-state index contributed by atoms with van der Waals surface area (Å²) in [5.74, 6) is 0.594. The van der Waals surface area contributed by atoms with Crippen LogP contribution >= 0.6 is 0 Å². The average Bonchev–Trinajstić information content (AvgIpc) is 2.99. The van der Waals surface area contributed by atoms with Crippen LogP contribution in [0.5, 0.6) is 5.75 Å². The molecule has 0 bridgehead atoms. The van der Waals surface area contributed by atoms with Crippen LogP contribution < -0.4 is 4.74 Å². The molecule has 0 spiro atoms. The maximum absolute atomic E-state index is 12.3. The summed E-state index contributed by atoms with van der Waals surface area (Å²) >= 11 is 0. The first-order chi connectivity index (χ1) is 9.84. The molecule has 0 N–H and O–H groups in total. The molecule has 1 aliphatic rings. The van der Waals surface area contributed by atoms with Gasteiger partial charge in [0.1, 0.15) is 5.75 Å². The van der Waals surface area contributed by atoms with Crippen molar-refractivity contribution in [2.24, 2.45) is 0 Å². The molecule has 3 rings (SSSR count). The number of amides is 1. The second kappa shape index (κ2) is 5.78. The summed E-state index contributed by atoms with van der Waals surface area (Å²) < 4.78 is 5.44. The van der Waals surface area contributed by atoms with Crippen molar-refractivity contribution in [1.82, 2.24) is 4.90 Å². The van der Waals surface area contributed by atoms with E-state index in [2.05, 4.69) is 12.1 Å². The van der Waals surface area contributed by atoms with Gasteiger partial charge in [-0.15, -0.1) is 0 Å². The Morgan fingerprint density at radius 3 is 2.35 bits per heavy atom. The Morgan fingerprint density at radius 2 is 1.65 bits per heavy atom. The van der Waals surface area contributed by atoms with Crippen LogP contribution in [-0.2, 0) is 0 Å². The van der Waals surface area contributed by atoms with Crippen molar-refractivity contribution in [3.63, 3.8) is 0 Å². The van der Waals surface area contributed by atoms with Gasteiger partial charge in [0.25, 0.3) is 0 Å². The minimum Gasteiger partial charge on any atom is -0.410 e. The molecule has 0 saturated carbocycles. The number of likely N-dealkylation sites (tertiary alicyclic amines) is 1. The first kappa shape index (κ1) is 12.7. The molecule has 20 heavy (non-hydrogen) atoms. The van der Waals surface area contributed by atoms with Gasteiger partial charge in [0.05, 0.1) is 6.04 Å². The van der Waals surface area contributed by atoms with Crippen molar-refractivity contribution in [3.05, 3.63) is 66.2 Å². The number of benzene rings is 2. The van der Waals surface area contributed by atoms with Gasteiger partial charge in [0, 0.05) is 6.54 Å². The molecule has 3 nitrogen and oxygen atoms in total. The summed E-state index contributed by atoms with van der Waals surface area (Å²) in [5.41, 5.74) is 1.18. The van der Waals surface area contributed by atoms with Gasteiger partial charge in [-0.2, -0.15) is 0 Å². The lowest BCUT2D eigenvalue weighted by Gasteiger charge is -2.24. The zero-order valence-corrected chi connectivity index (χ0v) is 11.2. The number of nitrogens with zero attached hydrogens (tertiary/aromatic N) is 1. The Bertz CT molecular complexity index is 568. The van der Waals surface area contributed by atoms with Gasteiger partial charge in [-0.3, -0.25) is 0 Å². The van der Waals surface area contributed by atoms with Gasteiger partial charge in [-0.05, 0) is 30.5 Å². The van der Waals surface area contributed by atoms with E-state index >= 15 is 0 Å². The van der Waals surface area contributed by atoms with Gasteiger partial charge in [0.15, 0.2) is 0 Å². The van der Waals surface area contributed by atoms with Crippen LogP contribution in [0.15, 0.2) is 60.7 Å². The minimum atomic E-state index is -0.262. The maximum atomic E-state index is 12.3. The smallest absolute Gasteiger partial charge is 0.410 e. The van der Waals surface area contributed by atoms with E-state index in [1.807, 2.05) is 41.3 Å². The predicted octanol–water partition coefficient (Wildman–Crippen LogP) is 4.02. The Labute approximate surface area is 118 Å². The molecule has 1 heterocycles. The third kappa shape index (κ3) is 2.67. The first-order valence-corrected chi connectivity index (χ1v) is 6.93. The molecule has 2 aromatic carbocycles. The van der Waals surface area contributed by atoms with Crippen LogP contribution in [0.4, 0.5) is 4.79 Å². The lowest BCUT2D eigenvalue weighted by atomic mass is 10.1. The summed E-state index contributed by atoms with van der Waals surface area (Å²) in [6.45, 7) is 0.755. The lowest BCUT2D eigenvalue weighted by Crippen LogP contribution is -2.33. The highest BCUT2D eigenvalue weighted by molar-refractivity contribution is 5.71. The highest BCUT2D eigenvalue weighted by Gasteiger charge is 2.31. The summed E-state index contributed by atoms with van der Waals surface area (Å²) in [6.07, 6.45) is 1.75. The van der Waals surface area contributed by atoms with Crippen molar-refractivity contribution < 1.29 is 9.53 Å². The molecular weight excluding hydrogens is 250 g/mol. The van der Waals surface area contributed by atoms with E-state index in [9.17, 15) is 4.79 Å². The van der Waals surface area contributed by atoms with Crippen molar-refractivity contribution in [2.75, 3.05) is 6.54 Å². The highest BCUT2D eigenvalue weighted by atomic mass is 16.6. The van der Waals surface area contributed by atoms with Gasteiger partial charge in [-0.1, -0.05) is 48.5 Å². The van der Waals surface area contributed by atoms with Gasteiger partial charge in [-0.25, -0.2) is 4.79 Å². The van der Waals surface area contributed by atoms with E-state index in [1.165, 1.54) is 5.56 Å². The van der Waals surface area contributed by atoms with Gasteiger partial charge < -0.3 is 9.64 Å². The second-order valence-electron chi connectivity index (χ2n) is 4.94. The zero-order valence-electron chi connectivity index (χ0n) is 11.2. The molecule has 1 saturated heterocycles. The van der Waals surface area contributed by atoms with Gasteiger partial charge >= 0.3 is 6.09 Å². The Kier molecular flexibility index (Phi) is 3.68. The van der Waals surface area contributed by atoms with E-state index < -0.39 is 0 Å². The number of hydrogen-bond acceptors (Lipinski definition) is 2. The predicted molar refractivity (Wildman–Crippen MR) is 77.6 cm³/mol. The number of rotatable bonds is 2. The van der Waals surface area contributed by atoms with Crippen molar-refractivity contribution in [2.45, 2.75) is 18.9 Å². The summed E-state index contributed by atoms with van der Waals surface area (Å²) in [7, 11) is 0. The van der Waals surface area contributed by atoms with Crippen LogP contribution in [0.25, 0.3) is 0 Å². The maximum Gasteiger partial charge on any atom is 0.415 e. The highest BCUT2D eigenvalue weighted by Crippen LogP contribution is 2.32. The van der Waals surface area contributed by atoms with E-state index in [0.29, 0.717) is 5.75 Å². The second-order valence-corrected chi connectivity index (χ2v) is 4.94. The normalized spacial score (nSPS) is 18.0. The topological polar surface area (TPSA) is 29.5 Å². The average molecular weight is 267 g/mol. The summed E-state index contributed by atoms with van der Waals surface area (Å²) in [5, 5.41) is 0. The molecule has 1 fully saturated rings. The number of para-hydroxylation sites is 1. The van der Waals surface area contributed by atoms with E-state index in [-0.39, 0.29) is 12.1 Å². The fourth-order valence-electron chi connectivity index (χ4n) is 2.65. The summed E-state index contributed by atoms with van der Waals surface area (Å²) in [6, 6.07) is 19.5. The van der Waals surface area contributed by atoms with Crippen LogP contribution in [0.3, 0.4) is 0 Å². The van der Waals surface area contributed by atoms with Crippen LogP contribution in [0.2, 0.25) is 0 Å². The molecule has 3 heteroatoms. The van der Waals surface area contributed by atoms with Crippen LogP contribution in [0.1, 0.15) is 24.4 Å². The lowest BCUT2D eigenvalue weighted by molar-refractivity contribution is 0.147. The largest absolute Gasteiger partial charge is 0.415 e. The first-order valence-electron chi connectivity index (χ1n) is 6.93. The summed E-state index contributed by atoms with van der Waals surface area (Å²) in [4.78, 5) is 14.1. The van der Waals surface area contributed by atoms with E-state index in [4.69, 9.17) is 4.74 Å². The third-order valence-corrected chi connectivity index (χ3v) is 3.62. The Balaban J connectivity index is 1.74.